The zero-order valence-electron chi connectivity index (χ0n) is 11.4. The van der Waals surface area contributed by atoms with E-state index in [0.717, 1.165) is 33.0 Å². The number of hydrogen-bond donors (Lipinski definition) is 1. The minimum absolute atomic E-state index is 0.145. The Balaban J connectivity index is 1.86. The molecule has 1 N–H and O–H groups in total. The van der Waals surface area contributed by atoms with Crippen LogP contribution in [0.3, 0.4) is 0 Å². The van der Waals surface area contributed by atoms with Crippen molar-refractivity contribution in [2.24, 2.45) is 0 Å². The van der Waals surface area contributed by atoms with Gasteiger partial charge in [0.15, 0.2) is 0 Å². The molecule has 0 saturated carbocycles. The van der Waals surface area contributed by atoms with Crippen LogP contribution in [-0.4, -0.2) is 46.3 Å². The van der Waals surface area contributed by atoms with E-state index < -0.39 is 5.97 Å². The van der Waals surface area contributed by atoms with Crippen molar-refractivity contribution < 1.29 is 19.4 Å². The molecule has 0 amide bonds. The summed E-state index contributed by atoms with van der Waals surface area (Å²) in [7, 11) is 0. The number of aromatic carboxylic acids is 1. The van der Waals surface area contributed by atoms with E-state index in [-0.39, 0.29) is 6.10 Å². The maximum absolute atomic E-state index is 11.2. The van der Waals surface area contributed by atoms with Crippen LogP contribution in [0.5, 0.6) is 0 Å². The first-order valence-corrected chi connectivity index (χ1v) is 8.26. The van der Waals surface area contributed by atoms with Crippen LogP contribution in [0.1, 0.15) is 21.7 Å². The molecule has 0 radical (unpaired) electrons. The molecule has 1 aliphatic rings. The van der Waals surface area contributed by atoms with E-state index in [9.17, 15) is 9.90 Å². The summed E-state index contributed by atoms with van der Waals surface area (Å²) in [4.78, 5) is 20.8. The molecule has 0 aliphatic carbocycles. The van der Waals surface area contributed by atoms with E-state index in [2.05, 4.69) is 9.97 Å². The Morgan fingerprint density at radius 3 is 3.14 bits per heavy atom. The van der Waals surface area contributed by atoms with E-state index in [0.29, 0.717) is 18.3 Å². The summed E-state index contributed by atoms with van der Waals surface area (Å²) in [6.07, 6.45) is 2.49. The Labute approximate surface area is 129 Å². The van der Waals surface area contributed by atoms with Crippen LogP contribution in [0.15, 0.2) is 11.4 Å². The Morgan fingerprint density at radius 1 is 1.57 bits per heavy atom. The van der Waals surface area contributed by atoms with Crippen molar-refractivity contribution in [2.75, 3.05) is 19.2 Å². The van der Waals surface area contributed by atoms with Crippen LogP contribution in [0.4, 0.5) is 0 Å². The van der Waals surface area contributed by atoms with Crippen LogP contribution in [0.2, 0.25) is 0 Å². The number of carboxylic acid groups (broad SMARTS) is 1. The van der Waals surface area contributed by atoms with E-state index >= 15 is 0 Å². The number of rotatable bonds is 4. The first kappa shape index (κ1) is 14.7. The number of nitrogens with zero attached hydrogens (tertiary/aromatic N) is 2. The molecule has 0 aromatic carbocycles. The summed E-state index contributed by atoms with van der Waals surface area (Å²) in [5.41, 5.74) is 0.735. The fraction of sp³-hybridized carbons (Fsp3) is 0.462. The van der Waals surface area contributed by atoms with Gasteiger partial charge in [-0.05, 0) is 18.9 Å². The van der Waals surface area contributed by atoms with Gasteiger partial charge in [-0.3, -0.25) is 0 Å². The third-order valence-electron chi connectivity index (χ3n) is 3.26. The second-order valence-corrected chi connectivity index (χ2v) is 6.64. The van der Waals surface area contributed by atoms with Crippen LogP contribution >= 0.6 is 23.1 Å². The smallest absolute Gasteiger partial charge is 0.346 e. The van der Waals surface area contributed by atoms with Crippen molar-refractivity contribution in [3.8, 4) is 0 Å². The molecule has 8 heteroatoms. The summed E-state index contributed by atoms with van der Waals surface area (Å²) in [5.74, 6) is -0.146. The highest BCUT2D eigenvalue weighted by molar-refractivity contribution is 7.99. The minimum Gasteiger partial charge on any atom is -0.477 e. The number of thiophene rings is 1. The quantitative estimate of drug-likeness (QED) is 0.683. The van der Waals surface area contributed by atoms with Gasteiger partial charge in [-0.25, -0.2) is 14.8 Å². The van der Waals surface area contributed by atoms with Gasteiger partial charge >= 0.3 is 5.97 Å². The summed E-state index contributed by atoms with van der Waals surface area (Å²) >= 11 is 2.77. The van der Waals surface area contributed by atoms with Crippen molar-refractivity contribution in [3.05, 3.63) is 16.8 Å². The lowest BCUT2D eigenvalue weighted by Crippen LogP contribution is -2.25. The number of carbonyl (C=O) groups is 1. The summed E-state index contributed by atoms with van der Waals surface area (Å²) in [6.45, 7) is 2.86. The average molecular weight is 326 g/mol. The molecule has 0 bridgehead atoms. The molecule has 112 valence electrons. The standard InChI is InChI=1S/C13H14N2O4S2/c1-7-9-11(20-4-8-2-3-18-6-19-8)14-5-15-12(9)21-10(7)13(16)17/h5,8H,2-4,6H2,1H3,(H,16,17). The average Bonchev–Trinajstić information content (AvgIpc) is 2.84. The number of fused-ring (bicyclic) bond motifs is 1. The van der Waals surface area contributed by atoms with Crippen molar-refractivity contribution in [3.63, 3.8) is 0 Å². The third-order valence-corrected chi connectivity index (χ3v) is 5.57. The maximum atomic E-state index is 11.2. The topological polar surface area (TPSA) is 81.5 Å². The minimum atomic E-state index is -0.917. The second kappa shape index (κ2) is 6.27. The van der Waals surface area contributed by atoms with Crippen LogP contribution < -0.4 is 0 Å². The van der Waals surface area contributed by atoms with Gasteiger partial charge in [0, 0.05) is 11.1 Å². The third kappa shape index (κ3) is 3.03. The molecule has 1 fully saturated rings. The summed E-state index contributed by atoms with van der Waals surface area (Å²) in [6, 6.07) is 0. The fourth-order valence-electron chi connectivity index (χ4n) is 2.16. The number of hydrogen-bond acceptors (Lipinski definition) is 7. The van der Waals surface area contributed by atoms with Gasteiger partial charge in [0.25, 0.3) is 0 Å². The van der Waals surface area contributed by atoms with Gasteiger partial charge in [0.1, 0.15) is 27.9 Å². The Hall–Kier alpha value is -1.22. The molecular formula is C13H14N2O4S2. The lowest BCUT2D eigenvalue weighted by molar-refractivity contribution is -0.130. The molecule has 2 aromatic heterocycles. The molecule has 1 atom stereocenters. The molecule has 6 nitrogen and oxygen atoms in total. The highest BCUT2D eigenvalue weighted by atomic mass is 32.2. The van der Waals surface area contributed by atoms with Crippen LogP contribution in [0, 0.1) is 6.92 Å². The fourth-order valence-corrected chi connectivity index (χ4v) is 4.33. The summed E-state index contributed by atoms with van der Waals surface area (Å²) in [5, 5.41) is 10.9. The van der Waals surface area contributed by atoms with Gasteiger partial charge in [-0.1, -0.05) is 0 Å². The highest BCUT2D eigenvalue weighted by Gasteiger charge is 2.20. The van der Waals surface area contributed by atoms with E-state index in [1.54, 1.807) is 18.7 Å². The number of aromatic nitrogens is 2. The Morgan fingerprint density at radius 2 is 2.43 bits per heavy atom. The van der Waals surface area contributed by atoms with Crippen LogP contribution in [-0.2, 0) is 9.47 Å². The first-order valence-electron chi connectivity index (χ1n) is 6.46. The zero-order chi connectivity index (χ0) is 14.8. The number of thioether (sulfide) groups is 1. The van der Waals surface area contributed by atoms with E-state index in [1.165, 1.54) is 17.7 Å². The molecule has 1 saturated heterocycles. The van der Waals surface area contributed by atoms with Gasteiger partial charge in [0.05, 0.1) is 12.7 Å². The normalized spacial score (nSPS) is 19.0. The second-order valence-electron chi connectivity index (χ2n) is 4.63. The highest BCUT2D eigenvalue weighted by Crippen LogP contribution is 2.35. The molecule has 0 spiro atoms. The maximum Gasteiger partial charge on any atom is 0.346 e. The summed E-state index contributed by atoms with van der Waals surface area (Å²) < 4.78 is 10.7. The predicted molar refractivity (Wildman–Crippen MR) is 80.1 cm³/mol. The van der Waals surface area contributed by atoms with Crippen molar-refractivity contribution in [2.45, 2.75) is 24.5 Å². The Kier molecular flexibility index (Phi) is 4.39. The molecule has 1 unspecified atom stereocenters. The molecular weight excluding hydrogens is 312 g/mol. The van der Waals surface area contributed by atoms with Gasteiger partial charge in [0.2, 0.25) is 0 Å². The molecule has 3 heterocycles. The zero-order valence-corrected chi connectivity index (χ0v) is 13.0. The predicted octanol–water partition coefficient (Wildman–Crippen LogP) is 2.55. The number of carboxylic acids is 1. The van der Waals surface area contributed by atoms with Crippen molar-refractivity contribution in [1.29, 1.82) is 0 Å². The molecule has 21 heavy (non-hydrogen) atoms. The van der Waals surface area contributed by atoms with E-state index in [4.69, 9.17) is 9.47 Å². The van der Waals surface area contributed by atoms with E-state index in [1.807, 2.05) is 0 Å². The largest absolute Gasteiger partial charge is 0.477 e. The van der Waals surface area contributed by atoms with Gasteiger partial charge in [-0.15, -0.1) is 23.1 Å². The van der Waals surface area contributed by atoms with Crippen molar-refractivity contribution in [1.82, 2.24) is 9.97 Å². The monoisotopic (exact) mass is 326 g/mol. The lowest BCUT2D eigenvalue weighted by atomic mass is 10.2. The molecule has 2 aromatic rings. The van der Waals surface area contributed by atoms with Crippen LogP contribution in [0.25, 0.3) is 10.2 Å². The number of ether oxygens (including phenoxy) is 2. The lowest BCUT2D eigenvalue weighted by Gasteiger charge is -2.22. The SMILES string of the molecule is Cc1c(C(=O)O)sc2ncnc(SCC3CCOCO3)c12. The van der Waals surface area contributed by atoms with Crippen molar-refractivity contribution >= 4 is 39.3 Å². The molecule has 1 aliphatic heterocycles. The first-order chi connectivity index (χ1) is 10.2. The van der Waals surface area contributed by atoms with Gasteiger partial charge < -0.3 is 14.6 Å². The Bertz CT molecular complexity index is 667. The molecule has 3 rings (SSSR count). The van der Waals surface area contributed by atoms with Gasteiger partial charge in [-0.2, -0.15) is 0 Å². The number of aryl methyl sites for hydroxylation is 1.